The molecule has 2 radical (unpaired) electrons. The first kappa shape index (κ1) is 9.52. The lowest BCUT2D eigenvalue weighted by atomic mass is 10.1. The van der Waals surface area contributed by atoms with E-state index in [4.69, 9.17) is 0 Å². The fourth-order valence-corrected chi connectivity index (χ4v) is 2.65. The summed E-state index contributed by atoms with van der Waals surface area (Å²) in [6, 6.07) is 3.96. The highest BCUT2D eigenvalue weighted by Crippen LogP contribution is 2.30. The zero-order chi connectivity index (χ0) is 10.3. The van der Waals surface area contributed by atoms with Crippen LogP contribution in [0.2, 0.25) is 0 Å². The maximum Gasteiger partial charge on any atom is 0.416 e. The molecule has 0 saturated heterocycles. The molecule has 0 fully saturated rings. The van der Waals surface area contributed by atoms with Crippen molar-refractivity contribution in [2.75, 3.05) is 0 Å². The van der Waals surface area contributed by atoms with Crippen LogP contribution in [-0.4, -0.2) is 9.52 Å². The van der Waals surface area contributed by atoms with Crippen LogP contribution in [0.4, 0.5) is 13.2 Å². The fourth-order valence-electron chi connectivity index (χ4n) is 1.45. The van der Waals surface area contributed by atoms with Gasteiger partial charge in [0.25, 0.3) is 0 Å². The largest absolute Gasteiger partial charge is 0.416 e. The molecular formula is C10H7F3Si. The fraction of sp³-hybridized carbons (Fsp3) is 0.200. The second-order valence-corrected chi connectivity index (χ2v) is 4.35. The van der Waals surface area contributed by atoms with Crippen LogP contribution in [0.15, 0.2) is 23.9 Å². The highest BCUT2D eigenvalue weighted by Gasteiger charge is 2.31. The van der Waals surface area contributed by atoms with E-state index < -0.39 is 11.7 Å². The van der Waals surface area contributed by atoms with Crippen molar-refractivity contribution in [2.45, 2.75) is 13.1 Å². The first-order valence-corrected chi connectivity index (χ1v) is 5.21. The second-order valence-electron chi connectivity index (χ2n) is 3.23. The number of hydrogen-bond acceptors (Lipinski definition) is 0. The molecule has 0 aromatic heterocycles. The molecular weight excluding hydrogens is 205 g/mol. The molecule has 4 heteroatoms. The zero-order valence-corrected chi connectivity index (χ0v) is 8.44. The van der Waals surface area contributed by atoms with Gasteiger partial charge in [-0.1, -0.05) is 28.6 Å². The van der Waals surface area contributed by atoms with Gasteiger partial charge in [0.05, 0.1) is 5.56 Å². The smallest absolute Gasteiger partial charge is 0.166 e. The average molecular weight is 212 g/mol. The molecule has 72 valence electrons. The molecule has 1 aromatic carbocycles. The van der Waals surface area contributed by atoms with E-state index in [2.05, 4.69) is 0 Å². The molecule has 0 saturated carbocycles. The van der Waals surface area contributed by atoms with Crippen molar-refractivity contribution < 1.29 is 13.2 Å². The minimum Gasteiger partial charge on any atom is -0.166 e. The molecule has 0 nitrogen and oxygen atoms in total. The Morgan fingerprint density at radius 2 is 1.93 bits per heavy atom. The van der Waals surface area contributed by atoms with Gasteiger partial charge in [-0.15, -0.1) is 0 Å². The first-order valence-electron chi connectivity index (χ1n) is 4.13. The Morgan fingerprint density at radius 3 is 2.57 bits per heavy atom. The summed E-state index contributed by atoms with van der Waals surface area (Å²) in [5, 5.41) is 0.803. The number of alkyl halides is 3. The molecule has 1 aliphatic heterocycles. The molecule has 1 aromatic rings. The normalized spacial score (nSPS) is 15.3. The highest BCUT2D eigenvalue weighted by atomic mass is 28.2. The van der Waals surface area contributed by atoms with Crippen molar-refractivity contribution in [3.05, 3.63) is 35.0 Å². The van der Waals surface area contributed by atoms with Gasteiger partial charge in [-0.05, 0) is 18.6 Å². The topological polar surface area (TPSA) is 0 Å². The zero-order valence-electron chi connectivity index (χ0n) is 7.44. The lowest BCUT2D eigenvalue weighted by Crippen LogP contribution is -2.16. The van der Waals surface area contributed by atoms with Crippen LogP contribution in [0.5, 0.6) is 0 Å². The molecule has 14 heavy (non-hydrogen) atoms. The lowest BCUT2D eigenvalue weighted by molar-refractivity contribution is -0.137. The number of halogens is 3. The quantitative estimate of drug-likeness (QED) is 0.579. The summed E-state index contributed by atoms with van der Waals surface area (Å²) in [5.74, 6) is 0. The standard InChI is InChI=1S/C10H7F3Si/c1-6-5-14-9-4-7(10(11,12)13)2-3-8(6)9/h2-5H,1H3. The summed E-state index contributed by atoms with van der Waals surface area (Å²) >= 11 is 0. The molecule has 1 aliphatic rings. The predicted octanol–water partition coefficient (Wildman–Crippen LogP) is 2.41. The Balaban J connectivity index is 2.46. The third-order valence-corrected chi connectivity index (χ3v) is 3.52. The number of hydrogen-bond donors (Lipinski definition) is 0. The monoisotopic (exact) mass is 212 g/mol. The van der Waals surface area contributed by atoms with Crippen LogP contribution in [0.1, 0.15) is 18.1 Å². The van der Waals surface area contributed by atoms with E-state index in [0.29, 0.717) is 9.52 Å². The summed E-state index contributed by atoms with van der Waals surface area (Å²) in [6.07, 6.45) is -4.23. The SMILES string of the molecule is CC1=C[Si]c2cc(C(F)(F)F)ccc21. The second kappa shape index (κ2) is 2.98. The highest BCUT2D eigenvalue weighted by molar-refractivity contribution is 6.63. The molecule has 0 N–H and O–H groups in total. The molecule has 1 heterocycles. The third kappa shape index (κ3) is 1.50. The Labute approximate surface area is 82.3 Å². The van der Waals surface area contributed by atoms with Crippen molar-refractivity contribution in [2.24, 2.45) is 0 Å². The van der Waals surface area contributed by atoms with Gasteiger partial charge in [-0.2, -0.15) is 13.2 Å². The summed E-state index contributed by atoms with van der Waals surface area (Å²) in [6.45, 7) is 1.92. The van der Waals surface area contributed by atoms with Gasteiger partial charge in [0, 0.05) is 0 Å². The van der Waals surface area contributed by atoms with E-state index >= 15 is 0 Å². The van der Waals surface area contributed by atoms with Crippen LogP contribution in [0, 0.1) is 0 Å². The lowest BCUT2D eigenvalue weighted by Gasteiger charge is -2.09. The number of rotatable bonds is 0. The minimum absolute atomic E-state index is 0.373. The third-order valence-electron chi connectivity index (χ3n) is 2.22. The Kier molecular flexibility index (Phi) is 2.03. The van der Waals surface area contributed by atoms with Crippen LogP contribution < -0.4 is 5.19 Å². The number of allylic oxidation sites excluding steroid dienone is 1. The van der Waals surface area contributed by atoms with Gasteiger partial charge in [-0.3, -0.25) is 0 Å². The molecule has 0 aliphatic carbocycles. The van der Waals surface area contributed by atoms with Gasteiger partial charge in [0.1, 0.15) is 9.52 Å². The minimum atomic E-state index is -4.23. The Bertz CT molecular complexity index is 404. The number of fused-ring (bicyclic) bond motifs is 1. The van der Waals surface area contributed by atoms with Gasteiger partial charge < -0.3 is 0 Å². The first-order chi connectivity index (χ1) is 6.48. The van der Waals surface area contributed by atoms with Gasteiger partial charge >= 0.3 is 6.18 Å². The van der Waals surface area contributed by atoms with Crippen LogP contribution in [0.25, 0.3) is 5.57 Å². The maximum atomic E-state index is 12.3. The molecule has 0 spiro atoms. The van der Waals surface area contributed by atoms with E-state index in [0.717, 1.165) is 22.4 Å². The van der Waals surface area contributed by atoms with Gasteiger partial charge in [-0.25, -0.2) is 0 Å². The van der Waals surface area contributed by atoms with Crippen LogP contribution in [0.3, 0.4) is 0 Å². The van der Waals surface area contributed by atoms with Crippen LogP contribution >= 0.6 is 0 Å². The Hall–Kier alpha value is -1.03. The van der Waals surface area contributed by atoms with E-state index in [1.54, 1.807) is 6.07 Å². The van der Waals surface area contributed by atoms with Crippen molar-refractivity contribution in [1.82, 2.24) is 0 Å². The summed E-state index contributed by atoms with van der Waals surface area (Å²) in [7, 11) is 0.373. The van der Waals surface area contributed by atoms with E-state index in [1.807, 2.05) is 12.6 Å². The number of benzene rings is 1. The summed E-state index contributed by atoms with van der Waals surface area (Å²) in [5.41, 5.74) is 3.46. The Morgan fingerprint density at radius 1 is 1.21 bits per heavy atom. The maximum absolute atomic E-state index is 12.3. The van der Waals surface area contributed by atoms with Crippen molar-refractivity contribution in [3.8, 4) is 0 Å². The van der Waals surface area contributed by atoms with E-state index in [-0.39, 0.29) is 0 Å². The van der Waals surface area contributed by atoms with Gasteiger partial charge in [0.15, 0.2) is 0 Å². The average Bonchev–Trinajstić information content (AvgIpc) is 2.46. The van der Waals surface area contributed by atoms with Gasteiger partial charge in [0.2, 0.25) is 0 Å². The molecule has 0 atom stereocenters. The molecule has 2 rings (SSSR count). The predicted molar refractivity (Wildman–Crippen MR) is 50.5 cm³/mol. The molecule has 0 bridgehead atoms. The van der Waals surface area contributed by atoms with E-state index in [9.17, 15) is 13.2 Å². The molecule has 0 amide bonds. The van der Waals surface area contributed by atoms with Crippen molar-refractivity contribution in [3.63, 3.8) is 0 Å². The summed E-state index contributed by atoms with van der Waals surface area (Å²) in [4.78, 5) is 0. The van der Waals surface area contributed by atoms with E-state index in [1.165, 1.54) is 6.07 Å². The summed E-state index contributed by atoms with van der Waals surface area (Å²) < 4.78 is 37.0. The van der Waals surface area contributed by atoms with Crippen molar-refractivity contribution >= 4 is 20.3 Å². The van der Waals surface area contributed by atoms with Crippen molar-refractivity contribution in [1.29, 1.82) is 0 Å². The van der Waals surface area contributed by atoms with Crippen LogP contribution in [-0.2, 0) is 6.18 Å². The molecule has 0 unspecified atom stereocenters.